The number of piperidine rings is 1. The van der Waals surface area contributed by atoms with E-state index in [1.54, 1.807) is 4.90 Å². The fourth-order valence-corrected chi connectivity index (χ4v) is 6.24. The second-order valence-electron chi connectivity index (χ2n) is 9.15. The van der Waals surface area contributed by atoms with E-state index in [0.29, 0.717) is 32.0 Å². The Labute approximate surface area is 245 Å². The highest BCUT2D eigenvalue weighted by molar-refractivity contribution is 7.93. The van der Waals surface area contributed by atoms with Gasteiger partial charge in [0.2, 0.25) is 33.7 Å². The molecule has 0 radical (unpaired) electrons. The lowest BCUT2D eigenvalue weighted by Crippen LogP contribution is -2.51. The third kappa shape index (κ3) is 6.68. The van der Waals surface area contributed by atoms with Gasteiger partial charge >= 0.3 is 0 Å². The van der Waals surface area contributed by atoms with Crippen molar-refractivity contribution in [2.24, 2.45) is 0 Å². The first-order chi connectivity index (χ1) is 20.3. The number of aromatic nitrogens is 7. The maximum absolute atomic E-state index is 13.9. The molecule has 15 nitrogen and oxygen atoms in total. The van der Waals surface area contributed by atoms with Crippen molar-refractivity contribution < 1.29 is 33.2 Å². The van der Waals surface area contributed by atoms with E-state index in [-0.39, 0.29) is 43.7 Å². The van der Waals surface area contributed by atoms with Gasteiger partial charge in [0.25, 0.3) is 0 Å². The molecule has 3 atom stereocenters. The zero-order valence-electron chi connectivity index (χ0n) is 24.2. The van der Waals surface area contributed by atoms with Crippen LogP contribution in [0.25, 0.3) is 5.69 Å². The summed E-state index contributed by atoms with van der Waals surface area (Å²) in [6.45, 7) is 7.13. The number of ether oxygens (including phenoxy) is 4. The molecular formula is C25H38FN9O6S. The van der Waals surface area contributed by atoms with Crippen molar-refractivity contribution in [2.45, 2.75) is 57.5 Å². The normalized spacial score (nSPS) is 20.5. The van der Waals surface area contributed by atoms with E-state index in [9.17, 15) is 12.8 Å². The van der Waals surface area contributed by atoms with Gasteiger partial charge in [0, 0.05) is 27.7 Å². The van der Waals surface area contributed by atoms with E-state index in [1.807, 2.05) is 20.8 Å². The second-order valence-corrected chi connectivity index (χ2v) is 11.1. The zero-order chi connectivity index (χ0) is 30.3. The average Bonchev–Trinajstić information content (AvgIpc) is 3.68. The molecule has 3 aromatic rings. The number of nitrogens with one attached hydrogen (secondary N) is 1. The smallest absolute Gasteiger partial charge is 0.245 e. The van der Waals surface area contributed by atoms with Gasteiger partial charge in [-0.05, 0) is 26.2 Å². The van der Waals surface area contributed by atoms with Crippen molar-refractivity contribution in [3.63, 3.8) is 0 Å². The molecule has 2 fully saturated rings. The highest BCUT2D eigenvalue weighted by Crippen LogP contribution is 2.37. The van der Waals surface area contributed by atoms with Crippen molar-refractivity contribution >= 4 is 21.9 Å². The summed E-state index contributed by atoms with van der Waals surface area (Å²) in [6, 6.07) is 0. The quantitative estimate of drug-likeness (QED) is 0.355. The van der Waals surface area contributed by atoms with Crippen molar-refractivity contribution in [2.75, 3.05) is 50.1 Å². The highest BCUT2D eigenvalue weighted by Gasteiger charge is 2.39. The van der Waals surface area contributed by atoms with E-state index in [4.69, 9.17) is 18.9 Å². The van der Waals surface area contributed by atoms with Crippen LogP contribution >= 0.6 is 0 Å². The van der Waals surface area contributed by atoms with Gasteiger partial charge in [0.05, 0.1) is 32.7 Å². The topological polar surface area (TPSA) is 169 Å². The van der Waals surface area contributed by atoms with Crippen LogP contribution in [0.5, 0.6) is 11.8 Å². The molecule has 3 aromatic heterocycles. The van der Waals surface area contributed by atoms with Gasteiger partial charge in [-0.1, -0.05) is 13.8 Å². The number of nitrogens with zero attached hydrogens (tertiary/aromatic N) is 8. The third-order valence-electron chi connectivity index (χ3n) is 6.61. The zero-order valence-corrected chi connectivity index (χ0v) is 25.0. The summed E-state index contributed by atoms with van der Waals surface area (Å²) in [4.78, 5) is 18.0. The maximum Gasteiger partial charge on any atom is 0.245 e. The first-order valence-corrected chi connectivity index (χ1v) is 15.2. The molecule has 0 bridgehead atoms. The van der Waals surface area contributed by atoms with Crippen molar-refractivity contribution in [1.82, 2.24) is 34.7 Å². The summed E-state index contributed by atoms with van der Waals surface area (Å²) in [6.07, 6.45) is 4.13. The predicted molar refractivity (Wildman–Crippen MR) is 152 cm³/mol. The molecule has 232 valence electrons. The SMILES string of the molecule is CC.CCO[C@H]1C[C@H](S(=O)(=O)Nc2nnc([C@@H]3CCCO3)n2-c2c(OC)ncnc2OC)CN(c2ncc(F)cn2)C1.[HH]. The Morgan fingerprint density at radius 2 is 1.79 bits per heavy atom. The van der Waals surface area contributed by atoms with E-state index in [1.165, 1.54) is 25.1 Å². The maximum atomic E-state index is 13.9. The molecule has 17 heteroatoms. The van der Waals surface area contributed by atoms with Crippen LogP contribution in [0, 0.1) is 5.82 Å². The first kappa shape index (κ1) is 31.2. The van der Waals surface area contributed by atoms with Crippen LogP contribution < -0.4 is 19.1 Å². The summed E-state index contributed by atoms with van der Waals surface area (Å²) in [5.41, 5.74) is 0.220. The Morgan fingerprint density at radius 1 is 1.10 bits per heavy atom. The van der Waals surface area contributed by atoms with Crippen LogP contribution in [0.15, 0.2) is 18.7 Å². The highest BCUT2D eigenvalue weighted by atomic mass is 32.2. The second kappa shape index (κ2) is 14.0. The van der Waals surface area contributed by atoms with Gasteiger partial charge in [-0.15, -0.1) is 10.2 Å². The Hall–Kier alpha value is -3.70. The van der Waals surface area contributed by atoms with Crippen molar-refractivity contribution in [3.05, 3.63) is 30.4 Å². The van der Waals surface area contributed by atoms with Gasteiger partial charge in [0.15, 0.2) is 17.3 Å². The number of hydrogen-bond acceptors (Lipinski definition) is 13. The molecular weight excluding hydrogens is 573 g/mol. The molecule has 5 rings (SSSR count). The Balaban J connectivity index is 0.00000165. The Kier molecular flexibility index (Phi) is 10.4. The molecule has 0 amide bonds. The molecule has 2 aliphatic rings. The third-order valence-corrected chi connectivity index (χ3v) is 8.30. The molecule has 0 saturated carbocycles. The summed E-state index contributed by atoms with van der Waals surface area (Å²) in [5.74, 6) is 0.0923. The van der Waals surface area contributed by atoms with E-state index < -0.39 is 33.3 Å². The number of halogens is 1. The lowest BCUT2D eigenvalue weighted by atomic mass is 10.1. The fraction of sp³-hybridized carbons (Fsp3) is 0.600. The van der Waals surface area contributed by atoms with Crippen LogP contribution in [-0.4, -0.2) is 95.0 Å². The average molecular weight is 612 g/mol. The number of rotatable bonds is 10. The van der Waals surface area contributed by atoms with Gasteiger partial charge in [0.1, 0.15) is 17.7 Å². The summed E-state index contributed by atoms with van der Waals surface area (Å²) in [5, 5.41) is 7.49. The number of hydrogen-bond donors (Lipinski definition) is 1. The molecule has 42 heavy (non-hydrogen) atoms. The Morgan fingerprint density at radius 3 is 2.38 bits per heavy atom. The standard InChI is InChI=1S/C23H30FN9O6S.C2H6.H2/c1-4-38-15-8-16(12-32(11-15)22-25-9-14(24)10-26-22)40(34,35)31-23-30-29-19(17-6-5-7-39-17)33(23)18-20(36-2)27-13-28-21(18)37-3;1-2;/h9-10,13,15-17H,4-8,11-12H2,1-3H3,(H,30,31);1-2H3;1H/t15-,16-,17-;;/m0../s1. The molecule has 0 aliphatic carbocycles. The number of sulfonamides is 1. The summed E-state index contributed by atoms with van der Waals surface area (Å²) in [7, 11) is -1.26. The molecule has 0 unspecified atom stereocenters. The molecule has 2 saturated heterocycles. The van der Waals surface area contributed by atoms with Crippen LogP contribution in [0.4, 0.5) is 16.3 Å². The molecule has 0 spiro atoms. The van der Waals surface area contributed by atoms with Gasteiger partial charge < -0.3 is 23.8 Å². The van der Waals surface area contributed by atoms with Crippen LogP contribution in [-0.2, 0) is 19.5 Å². The summed E-state index contributed by atoms with van der Waals surface area (Å²) < 4.78 is 67.7. The van der Waals surface area contributed by atoms with Crippen molar-refractivity contribution in [1.29, 1.82) is 0 Å². The monoisotopic (exact) mass is 611 g/mol. The fourth-order valence-electron chi connectivity index (χ4n) is 4.84. The minimum Gasteiger partial charge on any atom is -0.479 e. The van der Waals surface area contributed by atoms with E-state index in [0.717, 1.165) is 18.8 Å². The number of anilines is 2. The molecule has 5 heterocycles. The van der Waals surface area contributed by atoms with Crippen LogP contribution in [0.2, 0.25) is 0 Å². The largest absolute Gasteiger partial charge is 0.479 e. The lowest BCUT2D eigenvalue weighted by Gasteiger charge is -2.37. The first-order valence-electron chi connectivity index (χ1n) is 13.7. The minimum atomic E-state index is -4.10. The molecule has 1 N–H and O–H groups in total. The molecule has 0 aromatic carbocycles. The van der Waals surface area contributed by atoms with Gasteiger partial charge in [-0.2, -0.15) is 9.97 Å². The minimum absolute atomic E-state index is 0. The van der Waals surface area contributed by atoms with Crippen molar-refractivity contribution in [3.8, 4) is 17.4 Å². The number of methoxy groups -OCH3 is 2. The Bertz CT molecular complexity index is 1400. The van der Waals surface area contributed by atoms with Crippen LogP contribution in [0.1, 0.15) is 53.4 Å². The van der Waals surface area contributed by atoms with Gasteiger partial charge in [-0.3, -0.25) is 9.29 Å². The van der Waals surface area contributed by atoms with E-state index in [2.05, 4.69) is 34.9 Å². The summed E-state index contributed by atoms with van der Waals surface area (Å²) >= 11 is 0. The van der Waals surface area contributed by atoms with E-state index >= 15 is 0 Å². The lowest BCUT2D eigenvalue weighted by molar-refractivity contribution is 0.0531. The molecule has 2 aliphatic heterocycles. The predicted octanol–water partition coefficient (Wildman–Crippen LogP) is 2.55. The van der Waals surface area contributed by atoms with Crippen LogP contribution in [0.3, 0.4) is 0 Å². The van der Waals surface area contributed by atoms with Gasteiger partial charge in [-0.25, -0.2) is 22.8 Å².